The molecule has 0 unspecified atom stereocenters. The van der Waals surface area contributed by atoms with Crippen molar-refractivity contribution in [3.05, 3.63) is 53.6 Å². The SMILES string of the molecule is CCn1c(S[C@H](C)C(=O)Nc2ccc(OC)cc2)nnc1-c1ccc(Cl)cc1. The number of amides is 1. The molecule has 146 valence electrons. The number of aromatic nitrogens is 3. The van der Waals surface area contributed by atoms with Crippen LogP contribution in [-0.2, 0) is 11.3 Å². The number of nitrogens with one attached hydrogen (secondary N) is 1. The van der Waals surface area contributed by atoms with Gasteiger partial charge in [0.25, 0.3) is 0 Å². The van der Waals surface area contributed by atoms with Gasteiger partial charge in [-0.05, 0) is 62.4 Å². The van der Waals surface area contributed by atoms with Crippen LogP contribution in [0.3, 0.4) is 0 Å². The topological polar surface area (TPSA) is 69.0 Å². The summed E-state index contributed by atoms with van der Waals surface area (Å²) in [5.74, 6) is 1.39. The third-order valence-electron chi connectivity index (χ3n) is 4.14. The summed E-state index contributed by atoms with van der Waals surface area (Å²) in [5.41, 5.74) is 1.65. The van der Waals surface area contributed by atoms with E-state index in [1.54, 1.807) is 31.4 Å². The van der Waals surface area contributed by atoms with Crippen LogP contribution in [0.1, 0.15) is 13.8 Å². The average Bonchev–Trinajstić information content (AvgIpc) is 3.11. The minimum absolute atomic E-state index is 0.103. The fourth-order valence-corrected chi connectivity index (χ4v) is 3.64. The maximum atomic E-state index is 12.5. The second kappa shape index (κ2) is 9.12. The minimum Gasteiger partial charge on any atom is -0.497 e. The maximum Gasteiger partial charge on any atom is 0.237 e. The minimum atomic E-state index is -0.338. The predicted octanol–water partition coefficient (Wildman–Crippen LogP) is 4.75. The molecule has 1 atom stereocenters. The molecule has 0 spiro atoms. The summed E-state index contributed by atoms with van der Waals surface area (Å²) < 4.78 is 7.12. The van der Waals surface area contributed by atoms with Crippen molar-refractivity contribution in [3.63, 3.8) is 0 Å². The molecule has 0 bridgehead atoms. The molecule has 2 aromatic carbocycles. The van der Waals surface area contributed by atoms with Crippen LogP contribution in [-0.4, -0.2) is 33.0 Å². The van der Waals surface area contributed by atoms with Gasteiger partial charge in [0.2, 0.25) is 5.91 Å². The van der Waals surface area contributed by atoms with Crippen LogP contribution in [0.15, 0.2) is 53.7 Å². The number of anilines is 1. The summed E-state index contributed by atoms with van der Waals surface area (Å²) in [6.07, 6.45) is 0. The molecule has 1 aromatic heterocycles. The fourth-order valence-electron chi connectivity index (χ4n) is 2.60. The number of nitrogens with zero attached hydrogens (tertiary/aromatic N) is 3. The van der Waals surface area contributed by atoms with E-state index in [9.17, 15) is 4.79 Å². The third-order valence-corrected chi connectivity index (χ3v) is 5.48. The quantitative estimate of drug-likeness (QED) is 0.563. The fraction of sp³-hybridized carbons (Fsp3) is 0.250. The van der Waals surface area contributed by atoms with Crippen molar-refractivity contribution < 1.29 is 9.53 Å². The smallest absolute Gasteiger partial charge is 0.237 e. The number of halogens is 1. The second-order valence-electron chi connectivity index (χ2n) is 6.04. The Balaban J connectivity index is 1.71. The molecule has 1 amide bonds. The molecule has 3 rings (SSSR count). The lowest BCUT2D eigenvalue weighted by molar-refractivity contribution is -0.115. The van der Waals surface area contributed by atoms with Crippen molar-refractivity contribution in [2.24, 2.45) is 0 Å². The molecule has 1 heterocycles. The van der Waals surface area contributed by atoms with E-state index >= 15 is 0 Å². The lowest BCUT2D eigenvalue weighted by Crippen LogP contribution is -2.22. The van der Waals surface area contributed by atoms with E-state index in [4.69, 9.17) is 16.3 Å². The largest absolute Gasteiger partial charge is 0.497 e. The highest BCUT2D eigenvalue weighted by molar-refractivity contribution is 8.00. The van der Waals surface area contributed by atoms with E-state index in [1.165, 1.54) is 11.8 Å². The highest BCUT2D eigenvalue weighted by atomic mass is 35.5. The van der Waals surface area contributed by atoms with Crippen LogP contribution in [0.4, 0.5) is 5.69 Å². The summed E-state index contributed by atoms with van der Waals surface area (Å²) in [4.78, 5) is 12.5. The Bertz CT molecular complexity index is 942. The van der Waals surface area contributed by atoms with Gasteiger partial charge < -0.3 is 14.6 Å². The first-order chi connectivity index (χ1) is 13.5. The van der Waals surface area contributed by atoms with E-state index in [0.29, 0.717) is 16.7 Å². The summed E-state index contributed by atoms with van der Waals surface area (Å²) >= 11 is 7.34. The van der Waals surface area contributed by atoms with Crippen LogP contribution in [0.5, 0.6) is 5.75 Å². The van der Waals surface area contributed by atoms with Gasteiger partial charge in [0.15, 0.2) is 11.0 Å². The van der Waals surface area contributed by atoms with Crippen molar-refractivity contribution in [1.82, 2.24) is 14.8 Å². The van der Waals surface area contributed by atoms with Gasteiger partial charge in [0.05, 0.1) is 12.4 Å². The standard InChI is InChI=1S/C20H21ClN4O2S/c1-4-25-18(14-5-7-15(21)8-6-14)23-24-20(25)28-13(2)19(26)22-16-9-11-17(27-3)12-10-16/h5-13H,4H2,1-3H3,(H,22,26)/t13-/m1/s1. The van der Waals surface area contributed by atoms with E-state index < -0.39 is 0 Å². The maximum absolute atomic E-state index is 12.5. The van der Waals surface area contributed by atoms with Crippen LogP contribution in [0.25, 0.3) is 11.4 Å². The van der Waals surface area contributed by atoms with Gasteiger partial charge >= 0.3 is 0 Å². The lowest BCUT2D eigenvalue weighted by Gasteiger charge is -2.13. The molecule has 0 aliphatic heterocycles. The predicted molar refractivity (Wildman–Crippen MR) is 113 cm³/mol. The Kier molecular flexibility index (Phi) is 6.59. The Labute approximate surface area is 173 Å². The monoisotopic (exact) mass is 416 g/mol. The molecule has 0 saturated carbocycles. The molecule has 0 aliphatic carbocycles. The first kappa shape index (κ1) is 20.2. The van der Waals surface area contributed by atoms with Crippen molar-refractivity contribution in [2.45, 2.75) is 30.8 Å². The zero-order valence-electron chi connectivity index (χ0n) is 15.8. The highest BCUT2D eigenvalue weighted by Crippen LogP contribution is 2.28. The number of hydrogen-bond acceptors (Lipinski definition) is 5. The van der Waals surface area contributed by atoms with E-state index in [0.717, 1.165) is 22.8 Å². The molecule has 8 heteroatoms. The normalized spacial score (nSPS) is 11.9. The summed E-state index contributed by atoms with van der Waals surface area (Å²) in [6, 6.07) is 14.7. The van der Waals surface area contributed by atoms with Crippen molar-refractivity contribution in [3.8, 4) is 17.1 Å². The zero-order chi connectivity index (χ0) is 20.1. The van der Waals surface area contributed by atoms with Crippen LogP contribution < -0.4 is 10.1 Å². The lowest BCUT2D eigenvalue weighted by atomic mass is 10.2. The number of carbonyl (C=O) groups excluding carboxylic acids is 1. The number of benzene rings is 2. The molecular formula is C20H21ClN4O2S. The third kappa shape index (κ3) is 4.66. The molecule has 6 nitrogen and oxygen atoms in total. The van der Waals surface area contributed by atoms with Gasteiger partial charge in [-0.1, -0.05) is 23.4 Å². The van der Waals surface area contributed by atoms with E-state index in [1.807, 2.05) is 42.7 Å². The van der Waals surface area contributed by atoms with E-state index in [-0.39, 0.29) is 11.2 Å². The molecule has 3 aromatic rings. The molecule has 0 aliphatic rings. The van der Waals surface area contributed by atoms with Crippen LogP contribution in [0.2, 0.25) is 5.02 Å². The van der Waals surface area contributed by atoms with Crippen LogP contribution >= 0.6 is 23.4 Å². The number of hydrogen-bond donors (Lipinski definition) is 1. The summed E-state index contributed by atoms with van der Waals surface area (Å²) in [7, 11) is 1.61. The van der Waals surface area contributed by atoms with Crippen molar-refractivity contribution in [2.75, 3.05) is 12.4 Å². The van der Waals surface area contributed by atoms with Gasteiger partial charge in [-0.25, -0.2) is 0 Å². The first-order valence-electron chi connectivity index (χ1n) is 8.82. The van der Waals surface area contributed by atoms with Gasteiger partial charge in [0.1, 0.15) is 5.75 Å². The molecule has 0 fully saturated rings. The Morgan fingerprint density at radius 2 is 1.86 bits per heavy atom. The van der Waals surface area contributed by atoms with Gasteiger partial charge in [-0.15, -0.1) is 10.2 Å². The van der Waals surface area contributed by atoms with Crippen molar-refractivity contribution in [1.29, 1.82) is 0 Å². The highest BCUT2D eigenvalue weighted by Gasteiger charge is 2.20. The molecule has 1 N–H and O–H groups in total. The molecular weight excluding hydrogens is 396 g/mol. The molecule has 0 radical (unpaired) electrons. The second-order valence-corrected chi connectivity index (χ2v) is 7.78. The average molecular weight is 417 g/mol. The van der Waals surface area contributed by atoms with Gasteiger partial charge in [-0.3, -0.25) is 4.79 Å². The summed E-state index contributed by atoms with van der Waals surface area (Å²) in [5, 5.41) is 12.5. The number of rotatable bonds is 7. The molecule has 28 heavy (non-hydrogen) atoms. The van der Waals surface area contributed by atoms with Crippen LogP contribution in [0, 0.1) is 0 Å². The Morgan fingerprint density at radius 3 is 2.46 bits per heavy atom. The Hall–Kier alpha value is -2.51. The first-order valence-corrected chi connectivity index (χ1v) is 10.1. The number of thioether (sulfide) groups is 1. The number of carbonyl (C=O) groups is 1. The number of methoxy groups -OCH3 is 1. The van der Waals surface area contributed by atoms with Gasteiger partial charge in [-0.2, -0.15) is 0 Å². The van der Waals surface area contributed by atoms with Crippen molar-refractivity contribution >= 4 is 35.0 Å². The van der Waals surface area contributed by atoms with E-state index in [2.05, 4.69) is 15.5 Å². The Morgan fingerprint density at radius 1 is 1.18 bits per heavy atom. The number of ether oxygens (including phenoxy) is 1. The zero-order valence-corrected chi connectivity index (χ0v) is 17.4. The summed E-state index contributed by atoms with van der Waals surface area (Å²) in [6.45, 7) is 4.56. The van der Waals surface area contributed by atoms with Gasteiger partial charge in [0, 0.05) is 22.8 Å². The molecule has 0 saturated heterocycles.